The van der Waals surface area contributed by atoms with Gasteiger partial charge in [-0.1, -0.05) is 0 Å². The Hall–Kier alpha value is -2.60. The van der Waals surface area contributed by atoms with Gasteiger partial charge in [0.15, 0.2) is 12.6 Å². The van der Waals surface area contributed by atoms with Crippen molar-refractivity contribution >= 4 is 18.3 Å². The summed E-state index contributed by atoms with van der Waals surface area (Å²) in [4.78, 5) is 32.9. The van der Waals surface area contributed by atoms with E-state index in [-0.39, 0.29) is 12.2 Å². The van der Waals surface area contributed by atoms with E-state index in [0.717, 1.165) is 30.6 Å². The van der Waals surface area contributed by atoms with Crippen LogP contribution in [0.4, 0.5) is 5.69 Å². The molecule has 0 aromatic carbocycles. The highest BCUT2D eigenvalue weighted by Gasteiger charge is 2.24. The third-order valence-corrected chi connectivity index (χ3v) is 3.98. The fraction of sp³-hybridized carbons (Fsp3) is 0.333. The molecule has 0 spiro atoms. The molecule has 0 aliphatic carbocycles. The molecule has 0 amide bonds. The average Bonchev–Trinajstić information content (AvgIpc) is 2.60. The molecule has 2 atom stereocenters. The van der Waals surface area contributed by atoms with E-state index in [1.165, 1.54) is 0 Å². The highest BCUT2D eigenvalue weighted by Crippen LogP contribution is 2.26. The Labute approximate surface area is 140 Å². The lowest BCUT2D eigenvalue weighted by atomic mass is 10.1. The maximum Gasteiger partial charge on any atom is 0.170 e. The van der Waals surface area contributed by atoms with Crippen LogP contribution in [0.15, 0.2) is 30.5 Å². The molecule has 0 N–H and O–H groups in total. The smallest absolute Gasteiger partial charge is 0.170 e. The van der Waals surface area contributed by atoms with Gasteiger partial charge in [-0.25, -0.2) is 4.98 Å². The number of nitrogens with zero attached hydrogens (tertiary/aromatic N) is 3. The van der Waals surface area contributed by atoms with Crippen LogP contribution >= 0.6 is 0 Å². The number of carbonyl (C=O) groups is 2. The summed E-state index contributed by atoms with van der Waals surface area (Å²) in [7, 11) is 0. The second-order valence-corrected chi connectivity index (χ2v) is 5.97. The van der Waals surface area contributed by atoms with Crippen molar-refractivity contribution in [3.63, 3.8) is 0 Å². The lowest BCUT2D eigenvalue weighted by Gasteiger charge is -2.37. The van der Waals surface area contributed by atoms with Crippen molar-refractivity contribution in [2.45, 2.75) is 26.1 Å². The van der Waals surface area contributed by atoms with Crippen molar-refractivity contribution in [1.82, 2.24) is 9.97 Å². The molecule has 1 saturated heterocycles. The van der Waals surface area contributed by atoms with Gasteiger partial charge in [-0.3, -0.25) is 14.6 Å². The quantitative estimate of drug-likeness (QED) is 0.804. The topological polar surface area (TPSA) is 72.4 Å². The molecule has 2 aromatic rings. The Morgan fingerprint density at radius 3 is 2.42 bits per heavy atom. The van der Waals surface area contributed by atoms with Gasteiger partial charge < -0.3 is 9.64 Å². The maximum absolute atomic E-state index is 11.5. The van der Waals surface area contributed by atoms with Crippen molar-refractivity contribution in [2.75, 3.05) is 18.0 Å². The second-order valence-electron chi connectivity index (χ2n) is 5.97. The number of morpholine rings is 1. The Morgan fingerprint density at radius 2 is 1.83 bits per heavy atom. The Morgan fingerprint density at radius 1 is 1.08 bits per heavy atom. The molecular formula is C18H19N3O3. The zero-order valence-electron chi connectivity index (χ0n) is 13.7. The minimum atomic E-state index is 0.105. The molecule has 24 heavy (non-hydrogen) atoms. The number of hydrogen-bond donors (Lipinski definition) is 0. The lowest BCUT2D eigenvalue weighted by Crippen LogP contribution is -2.45. The molecule has 2 unspecified atom stereocenters. The van der Waals surface area contributed by atoms with E-state index in [9.17, 15) is 9.59 Å². The Bertz CT molecular complexity index is 736. The van der Waals surface area contributed by atoms with Gasteiger partial charge in [0.25, 0.3) is 0 Å². The summed E-state index contributed by atoms with van der Waals surface area (Å²) in [5.74, 6) is 0. The van der Waals surface area contributed by atoms with Gasteiger partial charge >= 0.3 is 0 Å². The molecule has 6 nitrogen and oxygen atoms in total. The molecule has 1 fully saturated rings. The summed E-state index contributed by atoms with van der Waals surface area (Å²) in [6.07, 6.45) is 3.26. The van der Waals surface area contributed by atoms with Crippen molar-refractivity contribution in [1.29, 1.82) is 0 Å². The van der Waals surface area contributed by atoms with Gasteiger partial charge in [-0.15, -0.1) is 0 Å². The molecule has 0 bridgehead atoms. The maximum atomic E-state index is 11.5. The fourth-order valence-electron chi connectivity index (χ4n) is 2.98. The van der Waals surface area contributed by atoms with Crippen LogP contribution < -0.4 is 4.90 Å². The van der Waals surface area contributed by atoms with Crippen LogP contribution in [0.25, 0.3) is 11.3 Å². The first-order valence-electron chi connectivity index (χ1n) is 7.89. The molecule has 6 heteroatoms. The largest absolute Gasteiger partial charge is 0.372 e. The lowest BCUT2D eigenvalue weighted by molar-refractivity contribution is -0.00527. The number of carbonyl (C=O) groups excluding carboxylic acids is 2. The number of ether oxygens (including phenoxy) is 1. The highest BCUT2D eigenvalue weighted by molar-refractivity contribution is 5.83. The molecule has 2 aromatic heterocycles. The van der Waals surface area contributed by atoms with Crippen LogP contribution in [0, 0.1) is 0 Å². The van der Waals surface area contributed by atoms with Gasteiger partial charge in [0.05, 0.1) is 23.6 Å². The van der Waals surface area contributed by atoms with Gasteiger partial charge in [-0.05, 0) is 38.1 Å². The van der Waals surface area contributed by atoms with Crippen LogP contribution in [0.1, 0.15) is 34.8 Å². The fourth-order valence-corrected chi connectivity index (χ4v) is 2.98. The number of rotatable bonds is 4. The highest BCUT2D eigenvalue weighted by atomic mass is 16.5. The number of pyridine rings is 2. The molecule has 124 valence electrons. The average molecular weight is 325 g/mol. The van der Waals surface area contributed by atoms with E-state index in [0.29, 0.717) is 23.4 Å². The molecule has 0 saturated carbocycles. The summed E-state index contributed by atoms with van der Waals surface area (Å²) in [6.45, 7) is 5.49. The van der Waals surface area contributed by atoms with E-state index >= 15 is 0 Å². The summed E-state index contributed by atoms with van der Waals surface area (Å²) in [5, 5.41) is 0. The monoisotopic (exact) mass is 325 g/mol. The zero-order chi connectivity index (χ0) is 17.1. The van der Waals surface area contributed by atoms with Gasteiger partial charge in [0.2, 0.25) is 0 Å². The normalized spacial score (nSPS) is 20.7. The van der Waals surface area contributed by atoms with E-state index in [1.54, 1.807) is 18.3 Å². The van der Waals surface area contributed by atoms with Crippen LogP contribution in [0.5, 0.6) is 0 Å². The third-order valence-electron chi connectivity index (χ3n) is 3.98. The van der Waals surface area contributed by atoms with Gasteiger partial charge in [0.1, 0.15) is 11.4 Å². The minimum absolute atomic E-state index is 0.105. The Balaban J connectivity index is 1.92. The predicted octanol–water partition coefficient (Wildman–Crippen LogP) is 2.38. The molecule has 1 aliphatic heterocycles. The standard InChI is InChI=1S/C18H19N3O3/c1-12-8-21(9-13(2)24-12)18-6-5-16(20-17(18)11-23)14-3-4-15(10-22)19-7-14/h3-7,10-13H,8-9H2,1-2H3. The van der Waals surface area contributed by atoms with Crippen molar-refractivity contribution in [2.24, 2.45) is 0 Å². The molecule has 0 radical (unpaired) electrons. The Kier molecular flexibility index (Phi) is 4.66. The van der Waals surface area contributed by atoms with Crippen molar-refractivity contribution in [3.05, 3.63) is 41.9 Å². The SMILES string of the molecule is CC1CN(c2ccc(-c3ccc(C=O)nc3)nc2C=O)CC(C)O1. The summed E-state index contributed by atoms with van der Waals surface area (Å²) in [6, 6.07) is 7.17. The minimum Gasteiger partial charge on any atom is -0.372 e. The van der Waals surface area contributed by atoms with Crippen molar-refractivity contribution in [3.8, 4) is 11.3 Å². The van der Waals surface area contributed by atoms with E-state index < -0.39 is 0 Å². The number of aldehydes is 2. The van der Waals surface area contributed by atoms with E-state index in [4.69, 9.17) is 4.74 Å². The first kappa shape index (κ1) is 16.3. The summed E-state index contributed by atoms with van der Waals surface area (Å²) in [5.41, 5.74) is 2.99. The van der Waals surface area contributed by atoms with Crippen LogP contribution in [-0.4, -0.2) is 47.8 Å². The summed E-state index contributed by atoms with van der Waals surface area (Å²) < 4.78 is 5.74. The second kappa shape index (κ2) is 6.88. The van der Waals surface area contributed by atoms with Gasteiger partial charge in [-0.2, -0.15) is 0 Å². The van der Waals surface area contributed by atoms with Crippen LogP contribution in [-0.2, 0) is 4.74 Å². The number of aromatic nitrogens is 2. The zero-order valence-corrected chi connectivity index (χ0v) is 13.7. The van der Waals surface area contributed by atoms with Crippen molar-refractivity contribution < 1.29 is 14.3 Å². The number of anilines is 1. The molecule has 3 heterocycles. The molecule has 3 rings (SSSR count). The first-order valence-corrected chi connectivity index (χ1v) is 7.89. The van der Waals surface area contributed by atoms with Crippen LogP contribution in [0.3, 0.4) is 0 Å². The van der Waals surface area contributed by atoms with Crippen LogP contribution in [0.2, 0.25) is 0 Å². The first-order chi connectivity index (χ1) is 11.6. The molecular weight excluding hydrogens is 306 g/mol. The van der Waals surface area contributed by atoms with E-state index in [1.807, 2.05) is 26.0 Å². The third kappa shape index (κ3) is 3.33. The molecule has 1 aliphatic rings. The number of hydrogen-bond acceptors (Lipinski definition) is 6. The van der Waals surface area contributed by atoms with E-state index in [2.05, 4.69) is 14.9 Å². The predicted molar refractivity (Wildman–Crippen MR) is 90.5 cm³/mol. The summed E-state index contributed by atoms with van der Waals surface area (Å²) >= 11 is 0. The van der Waals surface area contributed by atoms with Gasteiger partial charge in [0, 0.05) is 24.8 Å².